The molecule has 0 amide bonds. The molecular formula is C30H36N3O3+. The number of ketones is 1. The Morgan fingerprint density at radius 2 is 1.53 bits per heavy atom. The summed E-state index contributed by atoms with van der Waals surface area (Å²) in [5.41, 5.74) is 8.88. The number of piperidine rings is 3. The van der Waals surface area contributed by atoms with Crippen molar-refractivity contribution in [1.82, 2.24) is 0 Å². The Hall–Kier alpha value is -3.64. The van der Waals surface area contributed by atoms with Gasteiger partial charge in [-0.15, -0.1) is 0 Å². The lowest BCUT2D eigenvalue weighted by Gasteiger charge is -2.51. The van der Waals surface area contributed by atoms with E-state index in [1.807, 2.05) is 72.8 Å². The van der Waals surface area contributed by atoms with E-state index < -0.39 is 6.04 Å². The number of fused-ring (bicyclic) bond motifs is 3. The fourth-order valence-electron chi connectivity index (χ4n) is 5.56. The molecule has 2 bridgehead atoms. The second-order valence-electron chi connectivity index (χ2n) is 9.81. The standard InChI is InChI=1S/C29H31N3O3.CH4/c30-25-14-8-7-13-24(25)26(33)19-32-17-15-21(16-18-32)27(20-32)35-29(34)28(22-9-3-1-4-10-22)31-23-11-5-2-6-12-23;/h1-14,21,27-28,31H,15-20H2,(H-,30,33);1H4/p+1/t21?,27-,28+,32?;/m0./s1. The number of ether oxygens (including phenoxy) is 1. The molecule has 36 heavy (non-hydrogen) atoms. The minimum Gasteiger partial charge on any atom is -0.454 e. The third-order valence-electron chi connectivity index (χ3n) is 7.50. The molecule has 3 heterocycles. The zero-order valence-electron chi connectivity index (χ0n) is 19.8. The maximum Gasteiger partial charge on any atom is 0.333 e. The van der Waals surface area contributed by atoms with Gasteiger partial charge in [-0.25, -0.2) is 4.79 Å². The molecule has 3 aromatic carbocycles. The molecule has 0 radical (unpaired) electrons. The van der Waals surface area contributed by atoms with Crippen molar-refractivity contribution in [2.24, 2.45) is 5.92 Å². The van der Waals surface area contributed by atoms with E-state index in [1.54, 1.807) is 12.1 Å². The Morgan fingerprint density at radius 3 is 2.19 bits per heavy atom. The van der Waals surface area contributed by atoms with Crippen molar-refractivity contribution in [3.63, 3.8) is 0 Å². The number of carbonyl (C=O) groups excluding carboxylic acids is 2. The van der Waals surface area contributed by atoms with E-state index in [-0.39, 0.29) is 25.3 Å². The molecule has 0 aliphatic carbocycles. The van der Waals surface area contributed by atoms with E-state index >= 15 is 0 Å². The number of para-hydroxylation sites is 2. The minimum absolute atomic E-state index is 0. The van der Waals surface area contributed by atoms with Crippen LogP contribution in [0.4, 0.5) is 11.4 Å². The number of nitrogens with two attached hydrogens (primary N) is 1. The highest BCUT2D eigenvalue weighted by molar-refractivity contribution is 6.01. The van der Waals surface area contributed by atoms with E-state index in [9.17, 15) is 9.59 Å². The first-order valence-corrected chi connectivity index (χ1v) is 12.3. The van der Waals surface area contributed by atoms with Crippen molar-refractivity contribution in [3.8, 4) is 0 Å². The maximum atomic E-state index is 13.5. The molecule has 3 fully saturated rings. The molecule has 3 aliphatic heterocycles. The van der Waals surface area contributed by atoms with Crippen LogP contribution in [0.3, 0.4) is 0 Å². The van der Waals surface area contributed by atoms with Crippen molar-refractivity contribution in [1.29, 1.82) is 0 Å². The van der Waals surface area contributed by atoms with Gasteiger partial charge in [0.1, 0.15) is 13.1 Å². The van der Waals surface area contributed by atoms with Gasteiger partial charge in [-0.1, -0.05) is 68.1 Å². The largest absolute Gasteiger partial charge is 0.454 e. The Bertz CT molecular complexity index is 1170. The van der Waals surface area contributed by atoms with E-state index in [1.165, 1.54) is 0 Å². The molecule has 6 nitrogen and oxygen atoms in total. The molecule has 2 atom stereocenters. The van der Waals surface area contributed by atoms with Crippen LogP contribution < -0.4 is 11.1 Å². The minimum atomic E-state index is -0.603. The molecule has 188 valence electrons. The van der Waals surface area contributed by atoms with Gasteiger partial charge in [0.25, 0.3) is 0 Å². The average Bonchev–Trinajstić information content (AvgIpc) is 2.89. The SMILES string of the molecule is C.Nc1ccccc1C(=O)C[N+]12CCC(CC1)[C@@H](OC(=O)[C@H](Nc1ccccc1)c1ccccc1)C2. The number of quaternary nitrogens is 1. The zero-order chi connectivity index (χ0) is 24.3. The third kappa shape index (κ3) is 5.44. The summed E-state index contributed by atoms with van der Waals surface area (Å²) in [5, 5.41) is 3.35. The molecule has 6 heteroatoms. The molecule has 3 aliphatic rings. The quantitative estimate of drug-likeness (QED) is 0.201. The Labute approximate surface area is 213 Å². The van der Waals surface area contributed by atoms with Gasteiger partial charge < -0.3 is 20.3 Å². The van der Waals surface area contributed by atoms with Crippen molar-refractivity contribution < 1.29 is 18.8 Å². The summed E-state index contributed by atoms with van der Waals surface area (Å²) in [6, 6.07) is 26.0. The van der Waals surface area contributed by atoms with Crippen LogP contribution in [-0.2, 0) is 9.53 Å². The highest BCUT2D eigenvalue weighted by atomic mass is 16.5. The Kier molecular flexibility index (Phi) is 7.75. The van der Waals surface area contributed by atoms with Gasteiger partial charge in [-0.2, -0.15) is 0 Å². The number of rotatable bonds is 8. The van der Waals surface area contributed by atoms with Gasteiger partial charge in [-0.05, 0) is 29.8 Å². The summed E-state index contributed by atoms with van der Waals surface area (Å²) < 4.78 is 6.85. The number of esters is 1. The van der Waals surface area contributed by atoms with Gasteiger partial charge in [0.15, 0.2) is 12.1 Å². The smallest absolute Gasteiger partial charge is 0.333 e. The fraction of sp³-hybridized carbons (Fsp3) is 0.333. The number of benzene rings is 3. The number of nitrogens with one attached hydrogen (secondary N) is 1. The van der Waals surface area contributed by atoms with Crippen LogP contribution in [0.1, 0.15) is 42.2 Å². The first kappa shape index (κ1) is 25.5. The zero-order valence-corrected chi connectivity index (χ0v) is 19.8. The number of anilines is 2. The predicted molar refractivity (Wildman–Crippen MR) is 143 cm³/mol. The van der Waals surface area contributed by atoms with Gasteiger partial charge in [-0.3, -0.25) is 4.79 Å². The molecule has 3 N–H and O–H groups in total. The van der Waals surface area contributed by atoms with E-state index in [0.29, 0.717) is 34.7 Å². The summed E-state index contributed by atoms with van der Waals surface area (Å²) in [6.45, 7) is 2.92. The van der Waals surface area contributed by atoms with E-state index in [2.05, 4.69) is 5.32 Å². The van der Waals surface area contributed by atoms with Crippen LogP contribution in [0.5, 0.6) is 0 Å². The van der Waals surface area contributed by atoms with Crippen molar-refractivity contribution >= 4 is 23.1 Å². The second-order valence-corrected chi connectivity index (χ2v) is 9.81. The Balaban J connectivity index is 0.00000304. The van der Waals surface area contributed by atoms with E-state index in [0.717, 1.165) is 37.2 Å². The summed E-state index contributed by atoms with van der Waals surface area (Å²) in [7, 11) is 0. The normalized spacial score (nSPS) is 23.2. The summed E-state index contributed by atoms with van der Waals surface area (Å²) in [4.78, 5) is 26.6. The molecule has 0 spiro atoms. The molecule has 0 unspecified atom stereocenters. The van der Waals surface area contributed by atoms with E-state index in [4.69, 9.17) is 10.5 Å². The maximum absolute atomic E-state index is 13.5. The summed E-state index contributed by atoms with van der Waals surface area (Å²) in [6.07, 6.45) is 1.71. The lowest BCUT2D eigenvalue weighted by Crippen LogP contribution is -2.65. The first-order valence-electron chi connectivity index (χ1n) is 12.3. The lowest BCUT2D eigenvalue weighted by atomic mass is 9.82. The summed E-state index contributed by atoms with van der Waals surface area (Å²) in [5.74, 6) is 0.112. The highest BCUT2D eigenvalue weighted by Crippen LogP contribution is 2.37. The van der Waals surface area contributed by atoms with Gasteiger partial charge in [0.2, 0.25) is 5.78 Å². The average molecular weight is 487 g/mol. The number of nitrogens with zero attached hydrogens (tertiary/aromatic N) is 1. The van der Waals surface area contributed by atoms with Crippen LogP contribution in [0, 0.1) is 5.92 Å². The van der Waals surface area contributed by atoms with Gasteiger partial charge in [0.05, 0.1) is 13.1 Å². The molecule has 0 saturated carbocycles. The predicted octanol–water partition coefficient (Wildman–Crippen LogP) is 5.09. The topological polar surface area (TPSA) is 81.4 Å². The second kappa shape index (κ2) is 11.0. The monoisotopic (exact) mass is 486 g/mol. The first-order chi connectivity index (χ1) is 17.0. The fourth-order valence-corrected chi connectivity index (χ4v) is 5.56. The number of nitrogen functional groups attached to an aromatic ring is 1. The molecular weight excluding hydrogens is 450 g/mol. The van der Waals surface area contributed by atoms with Gasteiger partial charge in [0, 0.05) is 35.7 Å². The van der Waals surface area contributed by atoms with Crippen molar-refractivity contribution in [3.05, 3.63) is 96.1 Å². The van der Waals surface area contributed by atoms with Crippen molar-refractivity contribution in [2.45, 2.75) is 32.4 Å². The molecule has 6 rings (SSSR count). The molecule has 3 aromatic rings. The number of carbonyl (C=O) groups is 2. The number of hydrogen-bond donors (Lipinski definition) is 2. The lowest BCUT2D eigenvalue weighted by molar-refractivity contribution is -0.938. The van der Waals surface area contributed by atoms with Crippen LogP contribution in [0.2, 0.25) is 0 Å². The van der Waals surface area contributed by atoms with Crippen LogP contribution in [-0.4, -0.2) is 48.5 Å². The molecule has 3 saturated heterocycles. The molecule has 0 aromatic heterocycles. The number of Topliss-reactive ketones (excluding diaryl/α,β-unsaturated/α-hetero) is 1. The van der Waals surface area contributed by atoms with Crippen LogP contribution in [0.15, 0.2) is 84.9 Å². The highest BCUT2D eigenvalue weighted by Gasteiger charge is 2.49. The van der Waals surface area contributed by atoms with Crippen molar-refractivity contribution in [2.75, 3.05) is 37.2 Å². The Morgan fingerprint density at radius 1 is 0.917 bits per heavy atom. The third-order valence-corrected chi connectivity index (χ3v) is 7.50. The summed E-state index contributed by atoms with van der Waals surface area (Å²) >= 11 is 0. The van der Waals surface area contributed by atoms with Crippen LogP contribution >= 0.6 is 0 Å². The van der Waals surface area contributed by atoms with Gasteiger partial charge >= 0.3 is 5.97 Å². The van der Waals surface area contributed by atoms with Crippen LogP contribution in [0.25, 0.3) is 0 Å². The number of hydrogen-bond acceptors (Lipinski definition) is 5.